The number of amides is 1. The van der Waals surface area contributed by atoms with Crippen molar-refractivity contribution in [3.63, 3.8) is 0 Å². The van der Waals surface area contributed by atoms with E-state index < -0.39 is 26.8 Å². The molecule has 1 aromatic carbocycles. The van der Waals surface area contributed by atoms with Gasteiger partial charge < -0.3 is 5.32 Å². The van der Waals surface area contributed by atoms with Crippen molar-refractivity contribution in [1.29, 1.82) is 0 Å². The van der Waals surface area contributed by atoms with Gasteiger partial charge in [-0.3, -0.25) is 4.79 Å². The summed E-state index contributed by atoms with van der Waals surface area (Å²) < 4.78 is 37.5. The van der Waals surface area contributed by atoms with Crippen LogP contribution in [0, 0.1) is 5.82 Å². The molecule has 0 fully saturated rings. The van der Waals surface area contributed by atoms with Crippen LogP contribution in [0.3, 0.4) is 0 Å². The lowest BCUT2D eigenvalue weighted by molar-refractivity contribution is -0.120. The van der Waals surface area contributed by atoms with E-state index in [-0.39, 0.29) is 4.90 Å². The van der Waals surface area contributed by atoms with Gasteiger partial charge in [0.25, 0.3) is 0 Å². The van der Waals surface area contributed by atoms with Gasteiger partial charge >= 0.3 is 0 Å². The van der Waals surface area contributed by atoms with E-state index in [4.69, 9.17) is 0 Å². The van der Waals surface area contributed by atoms with Crippen LogP contribution in [0.5, 0.6) is 0 Å². The van der Waals surface area contributed by atoms with E-state index >= 15 is 0 Å². The molecule has 0 aliphatic rings. The average molecular weight is 301 g/mol. The first kappa shape index (κ1) is 16.6. The number of nitrogens with one attached hydrogen (secondary N) is 1. The molecule has 0 saturated heterocycles. The molecule has 1 amide bonds. The minimum Gasteiger partial charge on any atom is -0.355 e. The average Bonchev–Trinajstić information content (AvgIpc) is 2.42. The lowest BCUT2D eigenvalue weighted by Gasteiger charge is -2.13. The van der Waals surface area contributed by atoms with Gasteiger partial charge in [-0.2, -0.15) is 0 Å². The van der Waals surface area contributed by atoms with E-state index in [1.165, 1.54) is 19.1 Å². The maximum Gasteiger partial charge on any atom is 0.238 e. The van der Waals surface area contributed by atoms with Crippen LogP contribution in [0.1, 0.15) is 33.1 Å². The maximum atomic E-state index is 13.1. The monoisotopic (exact) mass is 301 g/mol. The number of hydrogen-bond donors (Lipinski definition) is 1. The molecule has 6 heteroatoms. The predicted molar refractivity (Wildman–Crippen MR) is 75.6 cm³/mol. The van der Waals surface area contributed by atoms with Crippen molar-refractivity contribution in [2.45, 2.75) is 43.3 Å². The summed E-state index contributed by atoms with van der Waals surface area (Å²) in [6, 6.07) is 4.69. The zero-order valence-electron chi connectivity index (χ0n) is 11.7. The van der Waals surface area contributed by atoms with Crippen LogP contribution in [-0.4, -0.2) is 26.1 Å². The second kappa shape index (κ2) is 7.38. The third kappa shape index (κ3) is 4.30. The zero-order chi connectivity index (χ0) is 15.2. The van der Waals surface area contributed by atoms with Gasteiger partial charge in [-0.25, -0.2) is 12.8 Å². The molecule has 0 spiro atoms. The second-order valence-electron chi connectivity index (χ2n) is 4.64. The SMILES string of the molecule is CCCCCNC(=O)C(C)S(=O)(=O)c1cccc(F)c1. The van der Waals surface area contributed by atoms with Crippen LogP contribution in [0.4, 0.5) is 4.39 Å². The third-order valence-electron chi connectivity index (χ3n) is 3.04. The topological polar surface area (TPSA) is 63.2 Å². The Morgan fingerprint density at radius 3 is 2.65 bits per heavy atom. The molecule has 0 aliphatic heterocycles. The van der Waals surface area contributed by atoms with Crippen LogP contribution in [0.25, 0.3) is 0 Å². The number of carbonyl (C=O) groups excluding carboxylic acids is 1. The number of rotatable bonds is 7. The predicted octanol–water partition coefficient (Wildman–Crippen LogP) is 2.29. The Morgan fingerprint density at radius 1 is 1.35 bits per heavy atom. The van der Waals surface area contributed by atoms with Gasteiger partial charge in [-0.1, -0.05) is 25.8 Å². The van der Waals surface area contributed by atoms with Gasteiger partial charge in [0.15, 0.2) is 9.84 Å². The van der Waals surface area contributed by atoms with Crippen LogP contribution >= 0.6 is 0 Å². The smallest absolute Gasteiger partial charge is 0.238 e. The lowest BCUT2D eigenvalue weighted by Crippen LogP contribution is -2.38. The summed E-state index contributed by atoms with van der Waals surface area (Å²) in [5, 5.41) is 1.37. The number of carbonyl (C=O) groups is 1. The van der Waals surface area contributed by atoms with Crippen molar-refractivity contribution < 1.29 is 17.6 Å². The molecule has 0 heterocycles. The van der Waals surface area contributed by atoms with Gasteiger partial charge in [-0.15, -0.1) is 0 Å². The first-order valence-corrected chi connectivity index (χ1v) is 8.21. The Balaban J connectivity index is 2.74. The van der Waals surface area contributed by atoms with Gasteiger partial charge in [-0.05, 0) is 31.5 Å². The summed E-state index contributed by atoms with van der Waals surface area (Å²) in [5.41, 5.74) is 0. The number of sulfone groups is 1. The van der Waals surface area contributed by atoms with Gasteiger partial charge in [0.05, 0.1) is 4.90 Å². The van der Waals surface area contributed by atoms with Gasteiger partial charge in [0.2, 0.25) is 5.91 Å². The van der Waals surface area contributed by atoms with E-state index in [1.807, 2.05) is 6.92 Å². The van der Waals surface area contributed by atoms with Gasteiger partial charge in [0, 0.05) is 6.54 Å². The van der Waals surface area contributed by atoms with E-state index in [0.717, 1.165) is 31.4 Å². The van der Waals surface area contributed by atoms with Crippen LogP contribution in [0.15, 0.2) is 29.2 Å². The van der Waals surface area contributed by atoms with E-state index in [0.29, 0.717) is 6.54 Å². The Hall–Kier alpha value is -1.43. The Bertz CT molecular complexity index is 557. The van der Waals surface area contributed by atoms with Crippen molar-refractivity contribution >= 4 is 15.7 Å². The minimum absolute atomic E-state index is 0.172. The van der Waals surface area contributed by atoms with Crippen LogP contribution in [-0.2, 0) is 14.6 Å². The fourth-order valence-corrected chi connectivity index (χ4v) is 3.04. The molecule has 0 aromatic heterocycles. The highest BCUT2D eigenvalue weighted by atomic mass is 32.2. The van der Waals surface area contributed by atoms with Crippen LogP contribution < -0.4 is 5.32 Å². The Morgan fingerprint density at radius 2 is 2.05 bits per heavy atom. The summed E-state index contributed by atoms with van der Waals surface area (Å²) in [4.78, 5) is 11.7. The quantitative estimate of drug-likeness (QED) is 0.786. The summed E-state index contributed by atoms with van der Waals surface area (Å²) in [6.45, 7) is 3.81. The van der Waals surface area contributed by atoms with Crippen molar-refractivity contribution in [1.82, 2.24) is 5.32 Å². The van der Waals surface area contributed by atoms with Crippen molar-refractivity contribution in [3.8, 4) is 0 Å². The lowest BCUT2D eigenvalue weighted by atomic mass is 10.2. The van der Waals surface area contributed by atoms with Crippen LogP contribution in [0.2, 0.25) is 0 Å². The molecule has 0 saturated carbocycles. The van der Waals surface area contributed by atoms with E-state index in [2.05, 4.69) is 5.32 Å². The largest absolute Gasteiger partial charge is 0.355 e. The first-order chi connectivity index (χ1) is 9.39. The molecule has 0 radical (unpaired) electrons. The fourth-order valence-electron chi connectivity index (χ4n) is 1.72. The molecule has 0 bridgehead atoms. The second-order valence-corrected chi connectivity index (χ2v) is 6.91. The Labute approximate surface area is 119 Å². The van der Waals surface area contributed by atoms with Crippen molar-refractivity contribution in [2.24, 2.45) is 0 Å². The number of unbranched alkanes of at least 4 members (excludes halogenated alkanes) is 2. The normalized spacial score (nSPS) is 12.9. The van der Waals surface area contributed by atoms with E-state index in [1.54, 1.807) is 0 Å². The van der Waals surface area contributed by atoms with E-state index in [9.17, 15) is 17.6 Å². The summed E-state index contributed by atoms with van der Waals surface area (Å²) in [6.07, 6.45) is 2.81. The maximum absolute atomic E-state index is 13.1. The highest BCUT2D eigenvalue weighted by Crippen LogP contribution is 2.17. The standard InChI is InChI=1S/C14H20FNO3S/c1-3-4-5-9-16-14(17)11(2)20(18,19)13-8-6-7-12(15)10-13/h6-8,10-11H,3-5,9H2,1-2H3,(H,16,17). The molecular formula is C14H20FNO3S. The molecule has 1 N–H and O–H groups in total. The number of benzene rings is 1. The summed E-state index contributed by atoms with van der Waals surface area (Å²) in [5.74, 6) is -1.19. The molecule has 20 heavy (non-hydrogen) atoms. The number of hydrogen-bond acceptors (Lipinski definition) is 3. The van der Waals surface area contributed by atoms with Gasteiger partial charge in [0.1, 0.15) is 11.1 Å². The fraction of sp³-hybridized carbons (Fsp3) is 0.500. The minimum atomic E-state index is -3.86. The molecule has 112 valence electrons. The molecule has 1 unspecified atom stereocenters. The zero-order valence-corrected chi connectivity index (χ0v) is 12.5. The highest BCUT2D eigenvalue weighted by Gasteiger charge is 2.29. The molecule has 1 aromatic rings. The molecule has 4 nitrogen and oxygen atoms in total. The third-order valence-corrected chi connectivity index (χ3v) is 5.09. The van der Waals surface area contributed by atoms with Crippen molar-refractivity contribution in [3.05, 3.63) is 30.1 Å². The molecule has 1 atom stereocenters. The Kier molecular flexibility index (Phi) is 6.13. The highest BCUT2D eigenvalue weighted by molar-refractivity contribution is 7.92. The number of halogens is 1. The summed E-state index contributed by atoms with van der Waals surface area (Å²) in [7, 11) is -3.86. The van der Waals surface area contributed by atoms with Crippen molar-refractivity contribution in [2.75, 3.05) is 6.54 Å². The molecule has 1 rings (SSSR count). The molecule has 0 aliphatic carbocycles. The summed E-state index contributed by atoms with van der Waals surface area (Å²) >= 11 is 0. The first-order valence-electron chi connectivity index (χ1n) is 6.66. The molecular weight excluding hydrogens is 281 g/mol.